The van der Waals surface area contributed by atoms with Crippen LogP contribution >= 0.6 is 11.3 Å². The zero-order chi connectivity index (χ0) is 9.84. The van der Waals surface area contributed by atoms with Crippen molar-refractivity contribution in [2.24, 2.45) is 0 Å². The Bertz CT molecular complexity index is 328. The maximum atomic E-state index is 9.01. The second-order valence-electron chi connectivity index (χ2n) is 2.55. The number of allylic oxidation sites excluding steroid dienone is 1. The molecule has 0 aliphatic carbocycles. The van der Waals surface area contributed by atoms with E-state index in [9.17, 15) is 0 Å². The topological polar surface area (TPSA) is 40.5 Å². The fraction of sp³-hybridized carbons (Fsp3) is 0.111. The summed E-state index contributed by atoms with van der Waals surface area (Å²) in [4.78, 5) is 1.00. The molecule has 0 unspecified atom stereocenters. The van der Waals surface area contributed by atoms with Gasteiger partial charge in [0.25, 0.3) is 0 Å². The van der Waals surface area contributed by atoms with Crippen LogP contribution in [0.5, 0.6) is 0 Å². The van der Waals surface area contributed by atoms with E-state index in [1.165, 1.54) is 11.3 Å². The Balaban J connectivity index is 3.17. The molecule has 0 saturated carbocycles. The second kappa shape index (κ2) is 4.41. The molecular formula is C9H11BO2S. The van der Waals surface area contributed by atoms with Crippen LogP contribution in [0.2, 0.25) is 0 Å². The molecule has 13 heavy (non-hydrogen) atoms. The first-order valence-corrected chi connectivity index (χ1v) is 4.81. The van der Waals surface area contributed by atoms with Gasteiger partial charge < -0.3 is 10.0 Å². The molecule has 0 bridgehead atoms. The first-order chi connectivity index (χ1) is 6.20. The van der Waals surface area contributed by atoms with E-state index in [0.717, 1.165) is 10.4 Å². The van der Waals surface area contributed by atoms with E-state index in [4.69, 9.17) is 10.0 Å². The van der Waals surface area contributed by atoms with Gasteiger partial charge >= 0.3 is 7.12 Å². The largest absolute Gasteiger partial charge is 0.489 e. The molecule has 4 heteroatoms. The van der Waals surface area contributed by atoms with Gasteiger partial charge in [-0.1, -0.05) is 18.7 Å². The number of thiophene rings is 1. The smallest absolute Gasteiger partial charge is 0.423 e. The third-order valence-electron chi connectivity index (χ3n) is 1.69. The van der Waals surface area contributed by atoms with Crippen LogP contribution in [0.25, 0.3) is 12.2 Å². The second-order valence-corrected chi connectivity index (χ2v) is 3.46. The molecule has 2 nitrogen and oxygen atoms in total. The average molecular weight is 194 g/mol. The van der Waals surface area contributed by atoms with E-state index in [1.54, 1.807) is 11.5 Å². The van der Waals surface area contributed by atoms with Gasteiger partial charge in [-0.25, -0.2) is 0 Å². The molecule has 0 amide bonds. The lowest BCUT2D eigenvalue weighted by Gasteiger charge is -1.97. The van der Waals surface area contributed by atoms with Gasteiger partial charge in [0.05, 0.1) is 0 Å². The molecule has 0 atom stereocenters. The molecule has 0 aliphatic heterocycles. The molecule has 0 radical (unpaired) electrons. The summed E-state index contributed by atoms with van der Waals surface area (Å²) in [6, 6.07) is 0. The van der Waals surface area contributed by atoms with Crippen molar-refractivity contribution >= 4 is 36.1 Å². The summed E-state index contributed by atoms with van der Waals surface area (Å²) < 4.78 is 0. The van der Waals surface area contributed by atoms with Crippen molar-refractivity contribution in [2.45, 2.75) is 6.92 Å². The van der Waals surface area contributed by atoms with Crippen LogP contribution in [-0.4, -0.2) is 17.2 Å². The highest BCUT2D eigenvalue weighted by Gasteiger charge is 2.17. The normalized spacial score (nSPS) is 10.7. The minimum absolute atomic E-state index is 0.521. The van der Waals surface area contributed by atoms with E-state index in [-0.39, 0.29) is 0 Å². The first kappa shape index (κ1) is 10.2. The Kier molecular flexibility index (Phi) is 3.48. The maximum absolute atomic E-state index is 9.01. The predicted octanol–water partition coefficient (Wildman–Crippen LogP) is 1.10. The molecule has 0 aromatic carbocycles. The first-order valence-electron chi connectivity index (χ1n) is 3.93. The van der Waals surface area contributed by atoms with E-state index >= 15 is 0 Å². The number of hydrogen-bond donors (Lipinski definition) is 2. The quantitative estimate of drug-likeness (QED) is 0.707. The molecule has 0 fully saturated rings. The number of rotatable bonds is 3. The number of hydrogen-bond acceptors (Lipinski definition) is 3. The average Bonchev–Trinajstić information content (AvgIpc) is 2.48. The molecule has 0 saturated heterocycles. The van der Waals surface area contributed by atoms with Gasteiger partial charge in [-0.05, 0) is 23.9 Å². The van der Waals surface area contributed by atoms with Crippen LogP contribution in [0, 0.1) is 0 Å². The van der Waals surface area contributed by atoms with E-state index < -0.39 is 7.12 Å². The van der Waals surface area contributed by atoms with E-state index in [2.05, 4.69) is 6.58 Å². The molecule has 0 aliphatic rings. The van der Waals surface area contributed by atoms with Gasteiger partial charge in [-0.15, -0.1) is 11.3 Å². The molecule has 1 aromatic heterocycles. The summed E-state index contributed by atoms with van der Waals surface area (Å²) in [5.41, 5.74) is 1.33. The predicted molar refractivity (Wildman–Crippen MR) is 58.9 cm³/mol. The van der Waals surface area contributed by atoms with Gasteiger partial charge in [0.2, 0.25) is 0 Å². The fourth-order valence-electron chi connectivity index (χ4n) is 1.10. The summed E-state index contributed by atoms with van der Waals surface area (Å²) in [6.07, 6.45) is 5.47. The zero-order valence-corrected chi connectivity index (χ0v) is 8.21. The van der Waals surface area contributed by atoms with E-state index in [1.807, 2.05) is 19.1 Å². The minimum atomic E-state index is -1.41. The molecule has 1 aromatic rings. The van der Waals surface area contributed by atoms with Crippen LogP contribution in [0.4, 0.5) is 0 Å². The van der Waals surface area contributed by atoms with Crippen molar-refractivity contribution < 1.29 is 10.0 Å². The van der Waals surface area contributed by atoms with Crippen molar-refractivity contribution in [3.05, 3.63) is 28.5 Å². The van der Waals surface area contributed by atoms with Crippen molar-refractivity contribution in [1.29, 1.82) is 0 Å². The maximum Gasteiger partial charge on any atom is 0.489 e. The van der Waals surface area contributed by atoms with Gasteiger partial charge in [-0.3, -0.25) is 0 Å². The molecule has 1 rings (SSSR count). The Labute approximate surface area is 82.0 Å². The van der Waals surface area contributed by atoms with Gasteiger partial charge in [0, 0.05) is 10.3 Å². The fourth-order valence-corrected chi connectivity index (χ4v) is 2.14. The highest BCUT2D eigenvalue weighted by molar-refractivity contribution is 7.12. The Morgan fingerprint density at radius 2 is 2.23 bits per heavy atom. The Morgan fingerprint density at radius 1 is 1.54 bits per heavy atom. The highest BCUT2D eigenvalue weighted by Crippen LogP contribution is 2.17. The van der Waals surface area contributed by atoms with Crippen LogP contribution in [0.1, 0.15) is 17.4 Å². The van der Waals surface area contributed by atoms with Crippen molar-refractivity contribution in [3.63, 3.8) is 0 Å². The summed E-state index contributed by atoms with van der Waals surface area (Å²) in [6.45, 7) is 5.56. The Hall–Kier alpha value is -0.835. The van der Waals surface area contributed by atoms with Crippen molar-refractivity contribution in [3.8, 4) is 0 Å². The third-order valence-corrected chi connectivity index (χ3v) is 2.67. The highest BCUT2D eigenvalue weighted by atomic mass is 32.1. The van der Waals surface area contributed by atoms with Crippen molar-refractivity contribution in [1.82, 2.24) is 0 Å². The standard InChI is InChI=1S/C9H11BO2S/c1-3-5-9-7(4-2)8(6-13-9)10(11)12/h3-6,11-12H,2H2,1H3/b5-3-. The summed E-state index contributed by atoms with van der Waals surface area (Å²) >= 11 is 1.48. The molecule has 2 N–H and O–H groups in total. The Morgan fingerprint density at radius 3 is 2.69 bits per heavy atom. The van der Waals surface area contributed by atoms with Crippen LogP contribution in [0.15, 0.2) is 18.0 Å². The molecule has 1 heterocycles. The van der Waals surface area contributed by atoms with Gasteiger partial charge in [0.1, 0.15) is 0 Å². The van der Waals surface area contributed by atoms with Crippen molar-refractivity contribution in [2.75, 3.05) is 0 Å². The van der Waals surface area contributed by atoms with Gasteiger partial charge in [0.15, 0.2) is 0 Å². The lowest BCUT2D eigenvalue weighted by molar-refractivity contribution is 0.426. The minimum Gasteiger partial charge on any atom is -0.423 e. The zero-order valence-electron chi connectivity index (χ0n) is 7.40. The van der Waals surface area contributed by atoms with Gasteiger partial charge in [-0.2, -0.15) is 0 Å². The van der Waals surface area contributed by atoms with Crippen LogP contribution in [-0.2, 0) is 0 Å². The lowest BCUT2D eigenvalue weighted by Crippen LogP contribution is -2.30. The molecule has 0 spiro atoms. The SMILES string of the molecule is C=Cc1c(B(O)O)csc1/C=C\C. The molecular weight excluding hydrogens is 183 g/mol. The van der Waals surface area contributed by atoms with E-state index in [0.29, 0.717) is 5.46 Å². The monoisotopic (exact) mass is 194 g/mol. The van der Waals surface area contributed by atoms with Crippen LogP contribution in [0.3, 0.4) is 0 Å². The summed E-state index contributed by atoms with van der Waals surface area (Å²) in [7, 11) is -1.41. The lowest BCUT2D eigenvalue weighted by atomic mass is 9.79. The summed E-state index contributed by atoms with van der Waals surface area (Å²) in [5.74, 6) is 0. The third kappa shape index (κ3) is 2.09. The van der Waals surface area contributed by atoms with Crippen LogP contribution < -0.4 is 5.46 Å². The summed E-state index contributed by atoms with van der Waals surface area (Å²) in [5, 5.41) is 19.7. The molecule has 68 valence electrons.